The molecule has 0 aromatic heterocycles. The van der Waals surface area contributed by atoms with Gasteiger partial charge >= 0.3 is 0 Å². The fraction of sp³-hybridized carbons (Fsp3) is 0.556. The summed E-state index contributed by atoms with van der Waals surface area (Å²) in [4.78, 5) is 28.8. The Balaban J connectivity index is 1.55. The maximum Gasteiger partial charge on any atom is 0.289 e. The van der Waals surface area contributed by atoms with E-state index in [1.807, 2.05) is 30.3 Å². The van der Waals surface area contributed by atoms with Crippen molar-refractivity contribution in [1.82, 2.24) is 9.80 Å². The van der Waals surface area contributed by atoms with Gasteiger partial charge in [-0.05, 0) is 38.3 Å². The largest absolute Gasteiger partial charge is 0.334 e. The smallest absolute Gasteiger partial charge is 0.289 e. The van der Waals surface area contributed by atoms with Crippen molar-refractivity contribution in [2.24, 2.45) is 0 Å². The number of rotatable bonds is 4. The standard InChI is InChI=1S/C18H24N2O2/c1-19-15-8-9-16(19)13-20(12-11-15)18(22)17(21)10-7-14-5-3-2-4-6-14/h2-6,15-16H,7-13H2,1H3/t15-,16+/m1/s1. The summed E-state index contributed by atoms with van der Waals surface area (Å²) in [7, 11) is 2.15. The van der Waals surface area contributed by atoms with Crippen LogP contribution in [0.1, 0.15) is 31.2 Å². The molecule has 2 saturated heterocycles. The van der Waals surface area contributed by atoms with Crippen molar-refractivity contribution >= 4 is 11.7 Å². The number of amides is 1. The number of ketones is 1. The molecule has 2 atom stereocenters. The lowest BCUT2D eigenvalue weighted by Gasteiger charge is -2.25. The van der Waals surface area contributed by atoms with Crippen molar-refractivity contribution in [1.29, 1.82) is 0 Å². The first kappa shape index (κ1) is 15.2. The van der Waals surface area contributed by atoms with Gasteiger partial charge in [-0.3, -0.25) is 14.5 Å². The molecule has 4 nitrogen and oxygen atoms in total. The number of carbonyl (C=O) groups is 2. The zero-order valence-corrected chi connectivity index (χ0v) is 13.2. The highest BCUT2D eigenvalue weighted by Crippen LogP contribution is 2.28. The summed E-state index contributed by atoms with van der Waals surface area (Å²) >= 11 is 0. The average molecular weight is 300 g/mol. The summed E-state index contributed by atoms with van der Waals surface area (Å²) in [6.07, 6.45) is 4.31. The number of fused-ring (bicyclic) bond motifs is 2. The number of aryl methyl sites for hydroxylation is 1. The first-order chi connectivity index (χ1) is 10.6. The minimum absolute atomic E-state index is 0.246. The van der Waals surface area contributed by atoms with Crippen LogP contribution in [-0.2, 0) is 16.0 Å². The highest BCUT2D eigenvalue weighted by Gasteiger charge is 2.36. The van der Waals surface area contributed by atoms with Crippen LogP contribution in [0.5, 0.6) is 0 Å². The van der Waals surface area contributed by atoms with Crippen molar-refractivity contribution in [3.8, 4) is 0 Å². The molecule has 0 radical (unpaired) electrons. The van der Waals surface area contributed by atoms with Crippen LogP contribution < -0.4 is 0 Å². The highest BCUT2D eigenvalue weighted by molar-refractivity contribution is 6.36. The molecule has 2 aliphatic heterocycles. The number of benzene rings is 1. The molecule has 2 aliphatic rings. The zero-order chi connectivity index (χ0) is 15.5. The van der Waals surface area contributed by atoms with Crippen LogP contribution in [0.3, 0.4) is 0 Å². The molecule has 22 heavy (non-hydrogen) atoms. The number of likely N-dealkylation sites (N-methyl/N-ethyl adjacent to an activating group) is 1. The molecular formula is C18H24N2O2. The van der Waals surface area contributed by atoms with Gasteiger partial charge in [0.1, 0.15) is 0 Å². The normalized spacial score (nSPS) is 25.0. The number of Topliss-reactive ketones (excluding diaryl/α,β-unsaturated/α-hetero) is 1. The van der Waals surface area contributed by atoms with E-state index in [2.05, 4.69) is 11.9 Å². The Kier molecular flexibility index (Phi) is 4.57. The molecule has 4 heteroatoms. The van der Waals surface area contributed by atoms with Crippen molar-refractivity contribution in [3.05, 3.63) is 35.9 Å². The lowest BCUT2D eigenvalue weighted by Crippen LogP contribution is -2.42. The van der Waals surface area contributed by atoms with Gasteiger partial charge in [-0.1, -0.05) is 30.3 Å². The molecule has 1 amide bonds. The van der Waals surface area contributed by atoms with Crippen LogP contribution in [0, 0.1) is 0 Å². The summed E-state index contributed by atoms with van der Waals surface area (Å²) in [6.45, 7) is 1.43. The van der Waals surface area contributed by atoms with Crippen LogP contribution in [-0.4, -0.2) is 53.7 Å². The molecule has 2 heterocycles. The van der Waals surface area contributed by atoms with E-state index in [0.717, 1.165) is 24.9 Å². The fourth-order valence-electron chi connectivity index (χ4n) is 3.68. The summed E-state index contributed by atoms with van der Waals surface area (Å²) in [6, 6.07) is 10.9. The molecule has 0 saturated carbocycles. The fourth-order valence-corrected chi connectivity index (χ4v) is 3.68. The Morgan fingerprint density at radius 3 is 2.59 bits per heavy atom. The van der Waals surface area contributed by atoms with Crippen LogP contribution in [0.2, 0.25) is 0 Å². The van der Waals surface area contributed by atoms with E-state index in [4.69, 9.17) is 0 Å². The quantitative estimate of drug-likeness (QED) is 0.797. The van der Waals surface area contributed by atoms with Gasteiger partial charge in [0.2, 0.25) is 5.78 Å². The first-order valence-electron chi connectivity index (χ1n) is 8.23. The van der Waals surface area contributed by atoms with Crippen molar-refractivity contribution in [3.63, 3.8) is 0 Å². The Hall–Kier alpha value is -1.68. The maximum atomic E-state index is 12.4. The van der Waals surface area contributed by atoms with Crippen LogP contribution >= 0.6 is 0 Å². The van der Waals surface area contributed by atoms with Gasteiger partial charge in [-0.25, -0.2) is 0 Å². The molecule has 1 aromatic carbocycles. The van der Waals surface area contributed by atoms with Gasteiger partial charge in [0.05, 0.1) is 0 Å². The summed E-state index contributed by atoms with van der Waals surface area (Å²) in [5.74, 6) is -0.527. The minimum atomic E-state index is -0.281. The topological polar surface area (TPSA) is 40.6 Å². The first-order valence-corrected chi connectivity index (χ1v) is 8.23. The van der Waals surface area contributed by atoms with Crippen molar-refractivity contribution < 1.29 is 9.59 Å². The second-order valence-corrected chi connectivity index (χ2v) is 6.50. The van der Waals surface area contributed by atoms with Crippen LogP contribution in [0.15, 0.2) is 30.3 Å². The van der Waals surface area contributed by atoms with Gasteiger partial charge in [0, 0.05) is 31.6 Å². The van der Waals surface area contributed by atoms with Gasteiger partial charge in [0.25, 0.3) is 5.91 Å². The third-order valence-corrected chi connectivity index (χ3v) is 5.16. The van der Waals surface area contributed by atoms with E-state index in [1.165, 1.54) is 6.42 Å². The summed E-state index contributed by atoms with van der Waals surface area (Å²) < 4.78 is 0. The number of nitrogens with zero attached hydrogens (tertiary/aromatic N) is 2. The van der Waals surface area contributed by atoms with Gasteiger partial charge < -0.3 is 4.90 Å². The minimum Gasteiger partial charge on any atom is -0.334 e. The molecule has 0 N–H and O–H groups in total. The van der Waals surface area contributed by atoms with E-state index >= 15 is 0 Å². The van der Waals surface area contributed by atoms with Crippen molar-refractivity contribution in [2.45, 2.75) is 44.2 Å². The molecule has 3 rings (SSSR count). The molecular weight excluding hydrogens is 276 g/mol. The summed E-state index contributed by atoms with van der Waals surface area (Å²) in [5.41, 5.74) is 1.11. The molecule has 118 valence electrons. The lowest BCUT2D eigenvalue weighted by molar-refractivity contribution is -0.144. The van der Waals surface area contributed by atoms with Gasteiger partial charge in [0.15, 0.2) is 0 Å². The Bertz CT molecular complexity index is 543. The monoisotopic (exact) mass is 300 g/mol. The molecule has 2 bridgehead atoms. The molecule has 1 aromatic rings. The van der Waals surface area contributed by atoms with Gasteiger partial charge in [-0.2, -0.15) is 0 Å². The molecule has 0 unspecified atom stereocenters. The lowest BCUT2D eigenvalue weighted by atomic mass is 10.1. The Morgan fingerprint density at radius 2 is 1.82 bits per heavy atom. The number of likely N-dealkylation sites (tertiary alicyclic amines) is 1. The Labute approximate surface area is 132 Å². The van der Waals surface area contributed by atoms with Crippen LogP contribution in [0.25, 0.3) is 0 Å². The van der Waals surface area contributed by atoms with E-state index in [-0.39, 0.29) is 11.7 Å². The van der Waals surface area contributed by atoms with Gasteiger partial charge in [-0.15, -0.1) is 0 Å². The van der Waals surface area contributed by atoms with E-state index in [0.29, 0.717) is 31.5 Å². The predicted molar refractivity (Wildman–Crippen MR) is 85.5 cm³/mol. The number of hydrogen-bond donors (Lipinski definition) is 0. The summed E-state index contributed by atoms with van der Waals surface area (Å²) in [5, 5.41) is 0. The molecule has 0 spiro atoms. The average Bonchev–Trinajstić information content (AvgIpc) is 2.78. The SMILES string of the molecule is CN1[C@@H]2CC[C@H]1CN(C(=O)C(=O)CCc1ccccc1)CC2. The molecule has 2 fully saturated rings. The second kappa shape index (κ2) is 6.61. The zero-order valence-electron chi connectivity index (χ0n) is 13.2. The van der Waals surface area contributed by atoms with Crippen molar-refractivity contribution in [2.75, 3.05) is 20.1 Å². The van der Waals surface area contributed by atoms with E-state index < -0.39 is 0 Å². The third kappa shape index (κ3) is 3.22. The third-order valence-electron chi connectivity index (χ3n) is 5.16. The number of carbonyl (C=O) groups excluding carboxylic acids is 2. The van der Waals surface area contributed by atoms with E-state index in [9.17, 15) is 9.59 Å². The number of hydrogen-bond acceptors (Lipinski definition) is 3. The predicted octanol–water partition coefficient (Wildman–Crippen LogP) is 1.88. The van der Waals surface area contributed by atoms with E-state index in [1.54, 1.807) is 4.90 Å². The second-order valence-electron chi connectivity index (χ2n) is 6.50. The molecule has 0 aliphatic carbocycles. The Morgan fingerprint density at radius 1 is 1.09 bits per heavy atom. The maximum absolute atomic E-state index is 12.4. The van der Waals surface area contributed by atoms with Crippen LogP contribution in [0.4, 0.5) is 0 Å². The highest BCUT2D eigenvalue weighted by atomic mass is 16.2.